The number of anilines is 1. The van der Waals surface area contributed by atoms with Crippen LogP contribution in [-0.2, 0) is 32.6 Å². The summed E-state index contributed by atoms with van der Waals surface area (Å²) >= 11 is 6.13. The van der Waals surface area contributed by atoms with Gasteiger partial charge < -0.3 is 19.7 Å². The van der Waals surface area contributed by atoms with Gasteiger partial charge in [-0.1, -0.05) is 72.3 Å². The number of fused-ring (bicyclic) bond motifs is 1. The molecule has 1 heterocycles. The van der Waals surface area contributed by atoms with Gasteiger partial charge in [-0.15, -0.1) is 0 Å². The van der Waals surface area contributed by atoms with Gasteiger partial charge >= 0.3 is 0 Å². The number of carbonyl (C=O) groups is 2. The zero-order chi connectivity index (χ0) is 31.8. The lowest BCUT2D eigenvalue weighted by Crippen LogP contribution is -2.53. The average molecular weight is 648 g/mol. The minimum atomic E-state index is -4.23. The first-order valence-corrected chi connectivity index (χ1v) is 16.4. The van der Waals surface area contributed by atoms with Crippen LogP contribution in [0.4, 0.5) is 5.69 Å². The number of ether oxygens (including phenoxy) is 2. The number of sulfonamides is 1. The van der Waals surface area contributed by atoms with Crippen molar-refractivity contribution in [2.75, 3.05) is 30.6 Å². The van der Waals surface area contributed by atoms with Crippen molar-refractivity contribution in [2.24, 2.45) is 0 Å². The minimum absolute atomic E-state index is 0.0153. The first kappa shape index (κ1) is 31.9. The Morgan fingerprint density at radius 1 is 0.844 bits per heavy atom. The molecule has 0 saturated heterocycles. The summed E-state index contributed by atoms with van der Waals surface area (Å²) < 4.78 is 40.7. The minimum Gasteiger partial charge on any atom is -0.486 e. The van der Waals surface area contributed by atoms with E-state index in [1.165, 1.54) is 17.0 Å². The van der Waals surface area contributed by atoms with E-state index in [9.17, 15) is 18.0 Å². The van der Waals surface area contributed by atoms with Gasteiger partial charge in [0.05, 0.1) is 10.6 Å². The van der Waals surface area contributed by atoms with E-state index >= 15 is 0 Å². The first-order chi connectivity index (χ1) is 21.8. The number of nitrogens with one attached hydrogen (secondary N) is 1. The third kappa shape index (κ3) is 7.76. The second-order valence-corrected chi connectivity index (χ2v) is 12.7. The number of benzene rings is 4. The third-order valence-electron chi connectivity index (χ3n) is 7.31. The number of halogens is 1. The molecule has 9 nitrogen and oxygen atoms in total. The summed E-state index contributed by atoms with van der Waals surface area (Å²) in [5, 5.41) is 3.38. The summed E-state index contributed by atoms with van der Waals surface area (Å²) in [5.74, 6) is -0.0503. The molecular weight excluding hydrogens is 614 g/mol. The highest BCUT2D eigenvalue weighted by Gasteiger charge is 2.35. The number of hydrogen-bond donors (Lipinski definition) is 1. The first-order valence-electron chi connectivity index (χ1n) is 14.6. The van der Waals surface area contributed by atoms with E-state index in [1.807, 2.05) is 30.3 Å². The van der Waals surface area contributed by atoms with Crippen molar-refractivity contribution in [1.82, 2.24) is 10.2 Å². The van der Waals surface area contributed by atoms with Crippen LogP contribution in [0.3, 0.4) is 0 Å². The van der Waals surface area contributed by atoms with Crippen LogP contribution < -0.4 is 19.1 Å². The van der Waals surface area contributed by atoms with Crippen molar-refractivity contribution < 1.29 is 27.5 Å². The summed E-state index contributed by atoms with van der Waals surface area (Å²) in [6, 6.07) is 28.1. The van der Waals surface area contributed by atoms with Crippen molar-refractivity contribution in [3.63, 3.8) is 0 Å². The monoisotopic (exact) mass is 647 g/mol. The maximum Gasteiger partial charge on any atom is 0.264 e. The molecule has 4 aromatic carbocycles. The molecule has 1 aliphatic rings. The Bertz CT molecular complexity index is 1720. The highest BCUT2D eigenvalue weighted by Crippen LogP contribution is 2.36. The smallest absolute Gasteiger partial charge is 0.264 e. The predicted octanol–water partition coefficient (Wildman–Crippen LogP) is 5.08. The predicted molar refractivity (Wildman–Crippen MR) is 173 cm³/mol. The fraction of sp³-hybridized carbons (Fsp3) is 0.235. The Morgan fingerprint density at radius 2 is 1.49 bits per heavy atom. The van der Waals surface area contributed by atoms with E-state index in [0.29, 0.717) is 36.3 Å². The molecule has 0 aliphatic carbocycles. The Balaban J connectivity index is 1.57. The molecule has 0 saturated carbocycles. The Kier molecular flexibility index (Phi) is 10.3. The largest absolute Gasteiger partial charge is 0.486 e. The van der Waals surface area contributed by atoms with E-state index in [1.54, 1.807) is 67.6 Å². The summed E-state index contributed by atoms with van der Waals surface area (Å²) in [6.45, 7) is 2.32. The molecule has 0 fully saturated rings. The maximum absolute atomic E-state index is 14.5. The summed E-state index contributed by atoms with van der Waals surface area (Å²) in [5.41, 5.74) is 1.80. The number of nitrogens with zero attached hydrogens (tertiary/aromatic N) is 2. The Labute approximate surface area is 268 Å². The van der Waals surface area contributed by atoms with E-state index in [0.717, 1.165) is 15.4 Å². The van der Waals surface area contributed by atoms with Crippen molar-refractivity contribution >= 4 is 39.1 Å². The van der Waals surface area contributed by atoms with Crippen LogP contribution in [-0.4, -0.2) is 57.5 Å². The molecular formula is C34H34ClN3O6S. The Morgan fingerprint density at radius 3 is 2.16 bits per heavy atom. The molecule has 0 radical (unpaired) electrons. The number of carbonyl (C=O) groups excluding carboxylic acids is 2. The lowest BCUT2D eigenvalue weighted by atomic mass is 10.0. The van der Waals surface area contributed by atoms with Gasteiger partial charge in [0.25, 0.3) is 10.0 Å². The van der Waals surface area contributed by atoms with Gasteiger partial charge in [0.15, 0.2) is 11.5 Å². The Hall–Kier alpha value is -4.54. The molecule has 0 bridgehead atoms. The highest BCUT2D eigenvalue weighted by molar-refractivity contribution is 7.92. The van der Waals surface area contributed by atoms with E-state index in [2.05, 4.69) is 5.32 Å². The fourth-order valence-corrected chi connectivity index (χ4v) is 6.62. The van der Waals surface area contributed by atoms with Crippen LogP contribution >= 0.6 is 11.6 Å². The van der Waals surface area contributed by atoms with E-state index in [-0.39, 0.29) is 29.5 Å². The molecule has 1 N–H and O–H groups in total. The van der Waals surface area contributed by atoms with Gasteiger partial charge in [-0.25, -0.2) is 8.42 Å². The highest BCUT2D eigenvalue weighted by atomic mass is 35.5. The molecule has 1 atom stereocenters. The molecule has 234 valence electrons. The SMILES string of the molecule is CCNC(=O)[C@@H](Cc1ccccc1)N(Cc1ccc(Cl)cc1)C(=O)CN(c1ccc2c(c1)OCCO2)S(=O)(=O)c1ccccc1. The van der Waals surface area contributed by atoms with Crippen LogP contribution in [0.2, 0.25) is 5.02 Å². The molecule has 4 aromatic rings. The van der Waals surface area contributed by atoms with Crippen molar-refractivity contribution in [1.29, 1.82) is 0 Å². The summed E-state index contributed by atoms with van der Waals surface area (Å²) in [4.78, 5) is 29.5. The topological polar surface area (TPSA) is 105 Å². The third-order valence-corrected chi connectivity index (χ3v) is 9.35. The van der Waals surface area contributed by atoms with Gasteiger partial charge in [-0.3, -0.25) is 13.9 Å². The van der Waals surface area contributed by atoms with Crippen LogP contribution in [0.5, 0.6) is 11.5 Å². The molecule has 45 heavy (non-hydrogen) atoms. The molecule has 11 heteroatoms. The molecule has 5 rings (SSSR count). The fourth-order valence-electron chi connectivity index (χ4n) is 5.07. The van der Waals surface area contributed by atoms with Gasteiger partial charge in [0, 0.05) is 30.6 Å². The zero-order valence-electron chi connectivity index (χ0n) is 24.8. The van der Waals surface area contributed by atoms with Crippen LogP contribution in [0.1, 0.15) is 18.1 Å². The van der Waals surface area contributed by atoms with Crippen LogP contribution in [0, 0.1) is 0 Å². The lowest BCUT2D eigenvalue weighted by molar-refractivity contribution is -0.140. The van der Waals surface area contributed by atoms with Crippen molar-refractivity contribution in [3.8, 4) is 11.5 Å². The van der Waals surface area contributed by atoms with Gasteiger partial charge in [-0.05, 0) is 54.4 Å². The van der Waals surface area contributed by atoms with Crippen molar-refractivity contribution in [2.45, 2.75) is 30.8 Å². The lowest BCUT2D eigenvalue weighted by Gasteiger charge is -2.34. The summed E-state index contributed by atoms with van der Waals surface area (Å²) in [6.07, 6.45) is 0.224. The van der Waals surface area contributed by atoms with Gasteiger partial charge in [0.2, 0.25) is 11.8 Å². The van der Waals surface area contributed by atoms with Crippen molar-refractivity contribution in [3.05, 3.63) is 119 Å². The molecule has 0 unspecified atom stereocenters. The standard InChI is InChI=1S/C34H34ClN3O6S/c1-2-36-34(40)30(21-25-9-5-3-6-10-25)37(23-26-13-15-27(35)16-14-26)33(39)24-38(45(41,42)29-11-7-4-8-12-29)28-17-18-31-32(22-28)44-20-19-43-31/h3-18,22,30H,2,19-21,23-24H2,1H3,(H,36,40)/t30-/m1/s1. The second-order valence-electron chi connectivity index (χ2n) is 10.4. The normalized spacial score (nSPS) is 13.0. The zero-order valence-corrected chi connectivity index (χ0v) is 26.3. The number of hydrogen-bond acceptors (Lipinski definition) is 6. The van der Waals surface area contributed by atoms with Gasteiger partial charge in [0.1, 0.15) is 25.8 Å². The quantitative estimate of drug-likeness (QED) is 0.230. The number of rotatable bonds is 12. The van der Waals surface area contributed by atoms with Crippen LogP contribution in [0.25, 0.3) is 0 Å². The molecule has 2 amide bonds. The van der Waals surface area contributed by atoms with E-state index in [4.69, 9.17) is 21.1 Å². The molecule has 1 aliphatic heterocycles. The molecule has 0 aromatic heterocycles. The van der Waals surface area contributed by atoms with E-state index < -0.39 is 28.5 Å². The van der Waals surface area contributed by atoms with Gasteiger partial charge in [-0.2, -0.15) is 0 Å². The maximum atomic E-state index is 14.5. The van der Waals surface area contributed by atoms with Crippen LogP contribution in [0.15, 0.2) is 108 Å². The average Bonchev–Trinajstić information content (AvgIpc) is 3.06. The molecule has 0 spiro atoms. The number of amides is 2. The number of likely N-dealkylation sites (N-methyl/N-ethyl adjacent to an activating group) is 1. The second kappa shape index (κ2) is 14.5. The summed E-state index contributed by atoms with van der Waals surface area (Å²) in [7, 11) is -4.23.